The normalized spacial score (nSPS) is 20.2. The summed E-state index contributed by atoms with van der Waals surface area (Å²) < 4.78 is 85.2. The summed E-state index contributed by atoms with van der Waals surface area (Å²) in [6.45, 7) is 1.19. The van der Waals surface area contributed by atoms with Gasteiger partial charge in [0.2, 0.25) is 0 Å². The van der Waals surface area contributed by atoms with Crippen molar-refractivity contribution >= 4 is 12.2 Å². The minimum atomic E-state index is -5.03. The molecule has 38 heavy (non-hydrogen) atoms. The van der Waals surface area contributed by atoms with E-state index < -0.39 is 60.3 Å². The minimum absolute atomic E-state index is 0.0281. The van der Waals surface area contributed by atoms with E-state index in [0.29, 0.717) is 25.0 Å². The van der Waals surface area contributed by atoms with Gasteiger partial charge in [-0.15, -0.1) is 0 Å². The van der Waals surface area contributed by atoms with Gasteiger partial charge in [-0.1, -0.05) is 37.3 Å². The summed E-state index contributed by atoms with van der Waals surface area (Å²) >= 11 is 0. The van der Waals surface area contributed by atoms with Crippen LogP contribution in [0.3, 0.4) is 0 Å². The van der Waals surface area contributed by atoms with Crippen LogP contribution in [0.15, 0.2) is 48.5 Å². The number of alkyl halides is 6. The number of carbonyl (C=O) groups is 2. The largest absolute Gasteiger partial charge is 0.465 e. The lowest BCUT2D eigenvalue weighted by molar-refractivity contribution is -0.143. The molecule has 2 aromatic carbocycles. The minimum Gasteiger partial charge on any atom is -0.465 e. The number of amides is 2. The molecule has 0 radical (unpaired) electrons. The third-order valence-corrected chi connectivity index (χ3v) is 6.73. The highest BCUT2D eigenvalue weighted by atomic mass is 19.4. The number of hydrogen-bond acceptors (Lipinski definition) is 3. The molecule has 1 saturated heterocycles. The second-order valence-corrected chi connectivity index (χ2v) is 9.23. The van der Waals surface area contributed by atoms with Crippen LogP contribution in [0.25, 0.3) is 0 Å². The van der Waals surface area contributed by atoms with Crippen LogP contribution in [0.5, 0.6) is 0 Å². The summed E-state index contributed by atoms with van der Waals surface area (Å²) in [4.78, 5) is 27.4. The Hall–Kier alpha value is -3.44. The maximum atomic E-state index is 13.4. The van der Waals surface area contributed by atoms with Crippen molar-refractivity contribution in [3.8, 4) is 0 Å². The zero-order valence-corrected chi connectivity index (χ0v) is 20.7. The number of benzene rings is 2. The number of ether oxygens (including phenoxy) is 1. The third-order valence-electron chi connectivity index (χ3n) is 6.73. The first-order valence-electron chi connectivity index (χ1n) is 11.9. The molecule has 1 aliphatic rings. The highest BCUT2D eigenvalue weighted by molar-refractivity contribution is 5.69. The molecule has 1 N–H and O–H groups in total. The summed E-state index contributed by atoms with van der Waals surface area (Å²) in [6.07, 6.45) is -11.2. The smallest absolute Gasteiger partial charge is 0.416 e. The fourth-order valence-corrected chi connectivity index (χ4v) is 5.01. The zero-order valence-electron chi connectivity index (χ0n) is 20.7. The Balaban J connectivity index is 2.00. The van der Waals surface area contributed by atoms with Gasteiger partial charge in [-0.2, -0.15) is 26.3 Å². The number of piperidine rings is 1. The van der Waals surface area contributed by atoms with Crippen LogP contribution in [0.4, 0.5) is 35.9 Å². The number of nitrogens with zero attached hydrogens (tertiary/aromatic N) is 2. The van der Waals surface area contributed by atoms with Gasteiger partial charge in [-0.05, 0) is 55.0 Å². The van der Waals surface area contributed by atoms with Crippen LogP contribution in [0.2, 0.25) is 0 Å². The number of halogens is 6. The highest BCUT2D eigenvalue weighted by Gasteiger charge is 2.42. The number of rotatable bonds is 6. The maximum absolute atomic E-state index is 13.4. The Kier molecular flexibility index (Phi) is 8.83. The Morgan fingerprint density at radius 3 is 1.97 bits per heavy atom. The van der Waals surface area contributed by atoms with Gasteiger partial charge in [-0.3, -0.25) is 0 Å². The van der Waals surface area contributed by atoms with E-state index in [0.717, 1.165) is 17.6 Å². The van der Waals surface area contributed by atoms with Crippen molar-refractivity contribution in [2.75, 3.05) is 7.11 Å². The zero-order chi connectivity index (χ0) is 28.3. The Labute approximate surface area is 215 Å². The van der Waals surface area contributed by atoms with Gasteiger partial charge in [0.25, 0.3) is 0 Å². The standard InChI is InChI=1S/C26H28F6N2O4/c1-3-20-13-21(14-22(34(20)23(35)36)11-16-7-5-4-6-8-16)33(24(37)38-2)15-17-9-18(25(27,28)29)12-19(10-17)26(30,31)32/h4-10,12,20-22H,3,11,13-15H2,1-2H3,(H,35,36)/t20-,21+,22+/m1/s1. The molecule has 6 nitrogen and oxygen atoms in total. The van der Waals surface area contributed by atoms with Crippen LogP contribution < -0.4 is 0 Å². The van der Waals surface area contributed by atoms with Crippen LogP contribution >= 0.6 is 0 Å². The Morgan fingerprint density at radius 2 is 1.50 bits per heavy atom. The summed E-state index contributed by atoms with van der Waals surface area (Å²) in [5.41, 5.74) is -2.50. The lowest BCUT2D eigenvalue weighted by Gasteiger charge is -2.46. The van der Waals surface area contributed by atoms with Gasteiger partial charge < -0.3 is 19.6 Å². The Bertz CT molecular complexity index is 1090. The lowest BCUT2D eigenvalue weighted by Crippen LogP contribution is -2.57. The third kappa shape index (κ3) is 6.90. The first-order valence-corrected chi connectivity index (χ1v) is 11.9. The van der Waals surface area contributed by atoms with Crippen molar-refractivity contribution in [1.29, 1.82) is 0 Å². The van der Waals surface area contributed by atoms with E-state index in [1.54, 1.807) is 25.1 Å². The average Bonchev–Trinajstić information content (AvgIpc) is 2.85. The number of methoxy groups -OCH3 is 1. The van der Waals surface area contributed by atoms with E-state index in [2.05, 4.69) is 0 Å². The van der Waals surface area contributed by atoms with E-state index >= 15 is 0 Å². The first-order chi connectivity index (χ1) is 17.7. The number of likely N-dealkylation sites (tertiary alicyclic amines) is 1. The molecule has 1 aliphatic heterocycles. The van der Waals surface area contributed by atoms with Crippen molar-refractivity contribution in [1.82, 2.24) is 9.80 Å². The molecule has 12 heteroatoms. The van der Waals surface area contributed by atoms with E-state index in [1.807, 2.05) is 12.1 Å². The van der Waals surface area contributed by atoms with Crippen molar-refractivity contribution < 1.29 is 45.8 Å². The van der Waals surface area contributed by atoms with Crippen molar-refractivity contribution in [3.05, 3.63) is 70.8 Å². The molecule has 208 valence electrons. The summed E-state index contributed by atoms with van der Waals surface area (Å²) in [7, 11) is 1.06. The molecule has 3 rings (SSSR count). The van der Waals surface area contributed by atoms with Gasteiger partial charge in [0.1, 0.15) is 0 Å². The molecule has 0 bridgehead atoms. The maximum Gasteiger partial charge on any atom is 0.416 e. The fraction of sp³-hybridized carbons (Fsp3) is 0.462. The monoisotopic (exact) mass is 546 g/mol. The van der Waals surface area contributed by atoms with E-state index in [1.165, 1.54) is 4.90 Å². The van der Waals surface area contributed by atoms with Gasteiger partial charge in [0, 0.05) is 24.7 Å². The van der Waals surface area contributed by atoms with Crippen LogP contribution in [0, 0.1) is 0 Å². The summed E-state index contributed by atoms with van der Waals surface area (Å²) in [6, 6.07) is 8.43. The van der Waals surface area contributed by atoms with Crippen molar-refractivity contribution in [2.24, 2.45) is 0 Å². The molecule has 0 aliphatic carbocycles. The van der Waals surface area contributed by atoms with Gasteiger partial charge >= 0.3 is 24.5 Å². The number of hydrogen-bond donors (Lipinski definition) is 1. The molecule has 2 aromatic rings. The molecular weight excluding hydrogens is 518 g/mol. The molecule has 1 fully saturated rings. The van der Waals surface area contributed by atoms with E-state index in [-0.39, 0.29) is 24.5 Å². The van der Waals surface area contributed by atoms with Gasteiger partial charge in [0.05, 0.1) is 18.2 Å². The quantitative estimate of drug-likeness (QED) is 0.404. The molecular formula is C26H28F6N2O4. The highest BCUT2D eigenvalue weighted by Crippen LogP contribution is 2.37. The van der Waals surface area contributed by atoms with Gasteiger partial charge in [0.15, 0.2) is 0 Å². The average molecular weight is 547 g/mol. The molecule has 3 atom stereocenters. The molecule has 0 unspecified atom stereocenters. The predicted molar refractivity (Wildman–Crippen MR) is 125 cm³/mol. The van der Waals surface area contributed by atoms with Crippen LogP contribution in [-0.4, -0.2) is 52.3 Å². The topological polar surface area (TPSA) is 70.1 Å². The summed E-state index contributed by atoms with van der Waals surface area (Å²) in [5, 5.41) is 9.92. The van der Waals surface area contributed by atoms with Crippen molar-refractivity contribution in [2.45, 2.75) is 69.6 Å². The van der Waals surface area contributed by atoms with Crippen LogP contribution in [0.1, 0.15) is 48.4 Å². The predicted octanol–water partition coefficient (Wildman–Crippen LogP) is 6.82. The van der Waals surface area contributed by atoms with Crippen molar-refractivity contribution in [3.63, 3.8) is 0 Å². The summed E-state index contributed by atoms with van der Waals surface area (Å²) in [5.74, 6) is 0. The molecule has 0 spiro atoms. The first kappa shape index (κ1) is 29.1. The Morgan fingerprint density at radius 1 is 0.947 bits per heavy atom. The van der Waals surface area contributed by atoms with E-state index in [9.17, 15) is 41.0 Å². The molecule has 0 aromatic heterocycles. The second kappa shape index (κ2) is 11.5. The SMILES string of the molecule is CC[C@@H]1C[C@H](N(Cc2cc(C(F)(F)F)cc(C(F)(F)F)c2)C(=O)OC)C[C@H](Cc2ccccc2)N1C(=O)O. The molecule has 0 saturated carbocycles. The number of carbonyl (C=O) groups excluding carboxylic acids is 1. The molecule has 1 heterocycles. The molecule has 2 amide bonds. The van der Waals surface area contributed by atoms with Gasteiger partial charge in [-0.25, -0.2) is 9.59 Å². The lowest BCUT2D eigenvalue weighted by atomic mass is 9.86. The van der Waals surface area contributed by atoms with E-state index in [4.69, 9.17) is 4.74 Å². The second-order valence-electron chi connectivity index (χ2n) is 9.23. The number of carboxylic acid groups (broad SMARTS) is 1. The fourth-order valence-electron chi connectivity index (χ4n) is 5.01. The van der Waals surface area contributed by atoms with Crippen LogP contribution in [-0.2, 0) is 30.1 Å².